The van der Waals surface area contributed by atoms with Crippen LogP contribution in [-0.4, -0.2) is 23.7 Å². The Morgan fingerprint density at radius 3 is 2.94 bits per heavy atom. The number of hydrogen-bond donors (Lipinski definition) is 2. The second kappa shape index (κ2) is 4.28. The molecule has 1 amide bonds. The predicted molar refractivity (Wildman–Crippen MR) is 75.2 cm³/mol. The van der Waals surface area contributed by atoms with Gasteiger partial charge in [-0.05, 0) is 50.4 Å². The molecule has 1 fully saturated rings. The lowest BCUT2D eigenvalue weighted by Crippen LogP contribution is -2.37. The van der Waals surface area contributed by atoms with E-state index >= 15 is 0 Å². The third-order valence-corrected chi connectivity index (χ3v) is 4.95. The number of rotatable bonds is 1. The first-order valence-corrected chi connectivity index (χ1v) is 7.23. The number of carbonyl (C=O) groups is 1. The highest BCUT2D eigenvalue weighted by Crippen LogP contribution is 2.43. The summed E-state index contributed by atoms with van der Waals surface area (Å²) in [5, 5.41) is 6.39. The lowest BCUT2D eigenvalue weighted by Gasteiger charge is -2.30. The highest BCUT2D eigenvalue weighted by Gasteiger charge is 2.34. The van der Waals surface area contributed by atoms with Gasteiger partial charge in [-0.15, -0.1) is 11.8 Å². The number of benzene rings is 1. The van der Waals surface area contributed by atoms with Crippen LogP contribution in [0.4, 0.5) is 5.69 Å². The Labute approximate surface area is 112 Å². The molecule has 3 nitrogen and oxygen atoms in total. The summed E-state index contributed by atoms with van der Waals surface area (Å²) in [6.07, 6.45) is 1.21. The molecule has 0 radical (unpaired) electrons. The van der Waals surface area contributed by atoms with Crippen molar-refractivity contribution in [3.63, 3.8) is 0 Å². The lowest BCUT2D eigenvalue weighted by atomic mass is 9.98. The Morgan fingerprint density at radius 1 is 1.39 bits per heavy atom. The lowest BCUT2D eigenvalue weighted by molar-refractivity contribution is -0.117. The molecular formula is C14H18N2OS. The zero-order valence-corrected chi connectivity index (χ0v) is 11.6. The number of fused-ring (bicyclic) bond motifs is 1. The van der Waals surface area contributed by atoms with Gasteiger partial charge in [0.15, 0.2) is 0 Å². The van der Waals surface area contributed by atoms with Crippen LogP contribution in [0.15, 0.2) is 23.1 Å². The number of amides is 1. The molecule has 2 aliphatic heterocycles. The van der Waals surface area contributed by atoms with E-state index in [1.807, 2.05) is 19.9 Å². The third-order valence-electron chi connectivity index (χ3n) is 3.70. The zero-order valence-electron chi connectivity index (χ0n) is 10.7. The fraction of sp³-hybridized carbons (Fsp3) is 0.500. The minimum atomic E-state index is -0.375. The minimum absolute atomic E-state index is 0.0929. The Kier molecular flexibility index (Phi) is 2.87. The van der Waals surface area contributed by atoms with Crippen molar-refractivity contribution >= 4 is 23.4 Å². The van der Waals surface area contributed by atoms with Crippen molar-refractivity contribution in [2.75, 3.05) is 18.4 Å². The van der Waals surface area contributed by atoms with Crippen molar-refractivity contribution in [2.45, 2.75) is 35.8 Å². The maximum atomic E-state index is 11.9. The van der Waals surface area contributed by atoms with Crippen LogP contribution in [-0.2, 0) is 4.79 Å². The fourth-order valence-electron chi connectivity index (χ4n) is 2.51. The van der Waals surface area contributed by atoms with Gasteiger partial charge in [-0.3, -0.25) is 4.79 Å². The molecule has 2 N–H and O–H groups in total. The number of carbonyl (C=O) groups excluding carboxylic acids is 1. The quantitative estimate of drug-likeness (QED) is 0.817. The largest absolute Gasteiger partial charge is 0.324 e. The van der Waals surface area contributed by atoms with Gasteiger partial charge >= 0.3 is 0 Å². The van der Waals surface area contributed by atoms with Crippen molar-refractivity contribution in [1.29, 1.82) is 0 Å². The molecule has 2 aliphatic rings. The Bertz CT molecular complexity index is 493. The summed E-state index contributed by atoms with van der Waals surface area (Å²) in [5.74, 6) is 0.715. The molecule has 3 rings (SSSR count). The van der Waals surface area contributed by atoms with Crippen LogP contribution >= 0.6 is 11.8 Å². The van der Waals surface area contributed by atoms with Crippen molar-refractivity contribution < 1.29 is 4.79 Å². The Morgan fingerprint density at radius 2 is 2.22 bits per heavy atom. The fourth-order valence-corrected chi connectivity index (χ4v) is 3.63. The first-order chi connectivity index (χ1) is 8.56. The molecule has 1 unspecified atom stereocenters. The molecule has 18 heavy (non-hydrogen) atoms. The van der Waals surface area contributed by atoms with Crippen LogP contribution in [0, 0.1) is 0 Å². The molecule has 0 saturated carbocycles. The van der Waals surface area contributed by atoms with E-state index in [4.69, 9.17) is 0 Å². The van der Waals surface area contributed by atoms with Gasteiger partial charge in [-0.1, -0.05) is 6.07 Å². The van der Waals surface area contributed by atoms with Crippen LogP contribution in [0.1, 0.15) is 31.7 Å². The SMILES string of the molecule is CC1(C)Sc2cc(C3CCNC3)ccc2NC1=O. The molecule has 1 aromatic carbocycles. The van der Waals surface area contributed by atoms with E-state index in [1.54, 1.807) is 11.8 Å². The second-order valence-corrected chi connectivity index (χ2v) is 7.18. The predicted octanol–water partition coefficient (Wildman–Crippen LogP) is 2.59. The van der Waals surface area contributed by atoms with Gasteiger partial charge < -0.3 is 10.6 Å². The molecule has 1 aromatic rings. The summed E-state index contributed by atoms with van der Waals surface area (Å²) in [7, 11) is 0. The van der Waals surface area contributed by atoms with Gasteiger partial charge in [-0.2, -0.15) is 0 Å². The van der Waals surface area contributed by atoms with E-state index < -0.39 is 0 Å². The molecule has 96 valence electrons. The van der Waals surface area contributed by atoms with Crippen LogP contribution in [0.2, 0.25) is 0 Å². The summed E-state index contributed by atoms with van der Waals surface area (Å²) >= 11 is 1.66. The number of hydrogen-bond acceptors (Lipinski definition) is 3. The van der Waals surface area contributed by atoms with E-state index in [2.05, 4.69) is 22.8 Å². The van der Waals surface area contributed by atoms with Crippen LogP contribution in [0.3, 0.4) is 0 Å². The van der Waals surface area contributed by atoms with E-state index in [1.165, 1.54) is 16.9 Å². The smallest absolute Gasteiger partial charge is 0.240 e. The van der Waals surface area contributed by atoms with Crippen LogP contribution < -0.4 is 10.6 Å². The maximum Gasteiger partial charge on any atom is 0.240 e. The maximum absolute atomic E-state index is 11.9. The van der Waals surface area contributed by atoms with Crippen LogP contribution in [0.5, 0.6) is 0 Å². The average molecular weight is 262 g/mol. The molecule has 4 heteroatoms. The van der Waals surface area contributed by atoms with Crippen molar-refractivity contribution in [3.8, 4) is 0 Å². The topological polar surface area (TPSA) is 41.1 Å². The highest BCUT2D eigenvalue weighted by atomic mass is 32.2. The average Bonchev–Trinajstić information content (AvgIpc) is 2.83. The summed E-state index contributed by atoms with van der Waals surface area (Å²) in [6.45, 7) is 6.12. The van der Waals surface area contributed by atoms with Crippen molar-refractivity contribution in [2.24, 2.45) is 0 Å². The monoisotopic (exact) mass is 262 g/mol. The molecule has 0 aromatic heterocycles. The second-order valence-electron chi connectivity index (χ2n) is 5.51. The van der Waals surface area contributed by atoms with Gasteiger partial charge in [0.2, 0.25) is 5.91 Å². The standard InChI is InChI=1S/C14H18N2OS/c1-14(2)13(17)16-11-4-3-9(7-12(11)18-14)10-5-6-15-8-10/h3-4,7,10,15H,5-6,8H2,1-2H3,(H,16,17). The number of anilines is 1. The van der Waals surface area contributed by atoms with Crippen molar-refractivity contribution in [1.82, 2.24) is 5.32 Å². The molecule has 0 aliphatic carbocycles. The summed E-state index contributed by atoms with van der Waals surface area (Å²) in [5.41, 5.74) is 2.34. The minimum Gasteiger partial charge on any atom is -0.324 e. The number of nitrogens with one attached hydrogen (secondary N) is 2. The van der Waals surface area contributed by atoms with E-state index in [-0.39, 0.29) is 10.7 Å². The molecule has 1 atom stereocenters. The van der Waals surface area contributed by atoms with E-state index in [0.29, 0.717) is 5.92 Å². The zero-order chi connectivity index (χ0) is 12.8. The molecule has 1 saturated heterocycles. The van der Waals surface area contributed by atoms with E-state index in [0.717, 1.165) is 18.8 Å². The van der Waals surface area contributed by atoms with Crippen LogP contribution in [0.25, 0.3) is 0 Å². The van der Waals surface area contributed by atoms with Gasteiger partial charge in [-0.25, -0.2) is 0 Å². The van der Waals surface area contributed by atoms with Crippen molar-refractivity contribution in [3.05, 3.63) is 23.8 Å². The van der Waals surface area contributed by atoms with Gasteiger partial charge in [0.1, 0.15) is 0 Å². The van der Waals surface area contributed by atoms with Gasteiger partial charge in [0.25, 0.3) is 0 Å². The number of thioether (sulfide) groups is 1. The Balaban J connectivity index is 1.93. The van der Waals surface area contributed by atoms with E-state index in [9.17, 15) is 4.79 Å². The molecule has 0 spiro atoms. The molecule has 2 heterocycles. The normalized spacial score (nSPS) is 25.7. The first kappa shape index (κ1) is 12.1. The Hall–Kier alpha value is -1.00. The summed E-state index contributed by atoms with van der Waals surface area (Å²) in [4.78, 5) is 13.1. The van der Waals surface area contributed by atoms with Gasteiger partial charge in [0, 0.05) is 11.4 Å². The summed E-state index contributed by atoms with van der Waals surface area (Å²) in [6, 6.07) is 6.44. The highest BCUT2D eigenvalue weighted by molar-refractivity contribution is 8.01. The first-order valence-electron chi connectivity index (χ1n) is 6.41. The third kappa shape index (κ3) is 2.04. The molecular weight excluding hydrogens is 244 g/mol. The van der Waals surface area contributed by atoms with Gasteiger partial charge in [0.05, 0.1) is 10.4 Å². The summed E-state index contributed by atoms with van der Waals surface area (Å²) < 4.78 is -0.375. The molecule has 0 bridgehead atoms.